The Morgan fingerprint density at radius 2 is 1.97 bits per heavy atom. The molecular formula is C21H29ClN4O3. The number of ether oxygens (including phenoxy) is 3. The lowest BCUT2D eigenvalue weighted by molar-refractivity contribution is 0.0904. The van der Waals surface area contributed by atoms with Crippen LogP contribution in [0.15, 0.2) is 12.1 Å². The fourth-order valence-corrected chi connectivity index (χ4v) is 4.18. The summed E-state index contributed by atoms with van der Waals surface area (Å²) in [4.78, 5) is 11.3. The number of nitrogens with one attached hydrogen (secondary N) is 1. The Hall–Kier alpha value is -1.83. The molecule has 1 aromatic heterocycles. The minimum atomic E-state index is 0.220. The summed E-state index contributed by atoms with van der Waals surface area (Å²) >= 11 is 6.20. The molecule has 1 N–H and O–H groups in total. The minimum Gasteiger partial charge on any atom is -0.493 e. The van der Waals surface area contributed by atoms with E-state index in [4.69, 9.17) is 25.8 Å². The van der Waals surface area contributed by atoms with Crippen molar-refractivity contribution in [3.8, 4) is 11.5 Å². The zero-order valence-corrected chi connectivity index (χ0v) is 17.7. The zero-order chi connectivity index (χ0) is 20.1. The van der Waals surface area contributed by atoms with E-state index in [1.54, 1.807) is 7.11 Å². The van der Waals surface area contributed by atoms with Crippen LogP contribution in [0.1, 0.15) is 32.1 Å². The summed E-state index contributed by atoms with van der Waals surface area (Å²) in [6.07, 6.45) is 5.49. The van der Waals surface area contributed by atoms with E-state index in [-0.39, 0.29) is 5.28 Å². The molecule has 2 aliphatic heterocycles. The van der Waals surface area contributed by atoms with Crippen LogP contribution in [0, 0.1) is 0 Å². The first-order valence-corrected chi connectivity index (χ1v) is 10.9. The fraction of sp³-hybridized carbons (Fsp3) is 0.619. The number of hydrogen-bond donors (Lipinski definition) is 1. The number of halogens is 1. The van der Waals surface area contributed by atoms with Gasteiger partial charge in [-0.15, -0.1) is 0 Å². The first-order valence-electron chi connectivity index (χ1n) is 10.5. The standard InChI is InChI=1S/C21H29ClN4O3/c1-27-18-13-16-17(14-19(18)29-10-4-9-26-7-2-3-8-26)24-21(22)25-20(16)23-15-5-11-28-12-6-15/h13-15H,2-12H2,1H3,(H,23,24,25). The number of fused-ring (bicyclic) bond motifs is 1. The maximum atomic E-state index is 6.20. The monoisotopic (exact) mass is 420 g/mol. The van der Waals surface area contributed by atoms with Crippen LogP contribution in [0.2, 0.25) is 5.28 Å². The van der Waals surface area contributed by atoms with E-state index in [1.165, 1.54) is 25.9 Å². The predicted molar refractivity (Wildman–Crippen MR) is 114 cm³/mol. The van der Waals surface area contributed by atoms with Gasteiger partial charge in [0.1, 0.15) is 5.82 Å². The van der Waals surface area contributed by atoms with Crippen LogP contribution in [0.25, 0.3) is 10.9 Å². The number of nitrogens with zero attached hydrogens (tertiary/aromatic N) is 3. The molecule has 0 spiro atoms. The molecule has 2 saturated heterocycles. The van der Waals surface area contributed by atoms with E-state index in [0.717, 1.165) is 55.7 Å². The first kappa shape index (κ1) is 20.4. The number of aromatic nitrogens is 2. The van der Waals surface area contributed by atoms with Gasteiger partial charge < -0.3 is 24.4 Å². The number of likely N-dealkylation sites (tertiary alicyclic amines) is 1. The lowest BCUT2D eigenvalue weighted by Crippen LogP contribution is -2.28. The molecule has 0 saturated carbocycles. The highest BCUT2D eigenvalue weighted by Crippen LogP contribution is 2.35. The Kier molecular flexibility index (Phi) is 6.90. The van der Waals surface area contributed by atoms with Gasteiger partial charge in [0.25, 0.3) is 0 Å². The molecule has 0 bridgehead atoms. The van der Waals surface area contributed by atoms with Gasteiger partial charge >= 0.3 is 0 Å². The second-order valence-electron chi connectivity index (χ2n) is 7.64. The maximum absolute atomic E-state index is 6.20. The van der Waals surface area contributed by atoms with Gasteiger partial charge in [-0.3, -0.25) is 0 Å². The van der Waals surface area contributed by atoms with Crippen molar-refractivity contribution in [1.82, 2.24) is 14.9 Å². The minimum absolute atomic E-state index is 0.220. The highest BCUT2D eigenvalue weighted by Gasteiger charge is 2.18. The van der Waals surface area contributed by atoms with Crippen LogP contribution in [0.3, 0.4) is 0 Å². The van der Waals surface area contributed by atoms with Gasteiger partial charge in [0.05, 0.1) is 19.2 Å². The third-order valence-electron chi connectivity index (χ3n) is 5.59. The van der Waals surface area contributed by atoms with Crippen molar-refractivity contribution in [3.05, 3.63) is 17.4 Å². The molecule has 8 heteroatoms. The van der Waals surface area contributed by atoms with Crippen LogP contribution >= 0.6 is 11.6 Å². The average molecular weight is 421 g/mol. The highest BCUT2D eigenvalue weighted by molar-refractivity contribution is 6.28. The normalized spacial score (nSPS) is 18.3. The molecule has 0 aliphatic carbocycles. The van der Waals surface area contributed by atoms with Gasteiger partial charge in [-0.1, -0.05) is 0 Å². The van der Waals surface area contributed by atoms with Crippen molar-refractivity contribution in [2.24, 2.45) is 0 Å². The smallest absolute Gasteiger partial charge is 0.224 e. The van der Waals surface area contributed by atoms with E-state index in [2.05, 4.69) is 20.2 Å². The number of benzene rings is 1. The molecule has 1 aromatic carbocycles. The molecule has 2 fully saturated rings. The lowest BCUT2D eigenvalue weighted by atomic mass is 10.1. The van der Waals surface area contributed by atoms with Crippen LogP contribution in [-0.4, -0.2) is 67.5 Å². The molecule has 0 unspecified atom stereocenters. The number of rotatable bonds is 8. The summed E-state index contributed by atoms with van der Waals surface area (Å²) in [5, 5.41) is 4.60. The molecule has 29 heavy (non-hydrogen) atoms. The predicted octanol–water partition coefficient (Wildman–Crippen LogP) is 3.75. The number of anilines is 1. The summed E-state index contributed by atoms with van der Waals surface area (Å²) < 4.78 is 17.1. The molecule has 0 amide bonds. The second-order valence-corrected chi connectivity index (χ2v) is 7.98. The summed E-state index contributed by atoms with van der Waals surface area (Å²) in [5.74, 6) is 2.10. The van der Waals surface area contributed by atoms with E-state index < -0.39 is 0 Å². The van der Waals surface area contributed by atoms with Crippen molar-refractivity contribution in [2.45, 2.75) is 38.1 Å². The summed E-state index contributed by atoms with van der Waals surface area (Å²) in [6, 6.07) is 4.14. The molecule has 7 nitrogen and oxygen atoms in total. The molecule has 4 rings (SSSR count). The van der Waals surface area contributed by atoms with Gasteiger partial charge in [0.15, 0.2) is 11.5 Å². The number of hydrogen-bond acceptors (Lipinski definition) is 7. The highest BCUT2D eigenvalue weighted by atomic mass is 35.5. The van der Waals surface area contributed by atoms with Crippen LogP contribution in [0.5, 0.6) is 11.5 Å². The van der Waals surface area contributed by atoms with Crippen molar-refractivity contribution in [1.29, 1.82) is 0 Å². The third-order valence-corrected chi connectivity index (χ3v) is 5.76. The Bertz CT molecular complexity index is 823. The summed E-state index contributed by atoms with van der Waals surface area (Å²) in [7, 11) is 1.65. The molecule has 158 valence electrons. The zero-order valence-electron chi connectivity index (χ0n) is 17.0. The molecule has 0 radical (unpaired) electrons. The second kappa shape index (κ2) is 9.78. The molecular weight excluding hydrogens is 392 g/mol. The largest absolute Gasteiger partial charge is 0.493 e. The molecule has 0 atom stereocenters. The Balaban J connectivity index is 1.49. The van der Waals surface area contributed by atoms with E-state index in [9.17, 15) is 0 Å². The van der Waals surface area contributed by atoms with Gasteiger partial charge in [0, 0.05) is 37.3 Å². The fourth-order valence-electron chi connectivity index (χ4n) is 4.00. The van der Waals surface area contributed by atoms with Gasteiger partial charge in [-0.25, -0.2) is 9.97 Å². The van der Waals surface area contributed by atoms with Gasteiger partial charge in [0.2, 0.25) is 5.28 Å². The van der Waals surface area contributed by atoms with Crippen LogP contribution < -0.4 is 14.8 Å². The Labute approximate surface area is 176 Å². The quantitative estimate of drug-likeness (QED) is 0.515. The lowest BCUT2D eigenvalue weighted by Gasteiger charge is -2.24. The van der Waals surface area contributed by atoms with E-state index in [0.29, 0.717) is 24.1 Å². The summed E-state index contributed by atoms with van der Waals surface area (Å²) in [6.45, 7) is 5.64. The summed E-state index contributed by atoms with van der Waals surface area (Å²) in [5.41, 5.74) is 0.745. The molecule has 3 heterocycles. The van der Waals surface area contributed by atoms with Crippen molar-refractivity contribution >= 4 is 28.3 Å². The first-order chi connectivity index (χ1) is 14.2. The van der Waals surface area contributed by atoms with Gasteiger partial charge in [-0.2, -0.15) is 0 Å². The number of methoxy groups -OCH3 is 1. The third kappa shape index (κ3) is 5.21. The van der Waals surface area contributed by atoms with Crippen molar-refractivity contribution < 1.29 is 14.2 Å². The van der Waals surface area contributed by atoms with Crippen molar-refractivity contribution in [3.63, 3.8) is 0 Å². The SMILES string of the molecule is COc1cc2c(NC3CCOCC3)nc(Cl)nc2cc1OCCCN1CCCC1. The van der Waals surface area contributed by atoms with Gasteiger partial charge in [-0.05, 0) is 62.9 Å². The maximum Gasteiger partial charge on any atom is 0.224 e. The Morgan fingerprint density at radius 3 is 2.72 bits per heavy atom. The van der Waals surface area contributed by atoms with Crippen molar-refractivity contribution in [2.75, 3.05) is 51.9 Å². The Morgan fingerprint density at radius 1 is 1.17 bits per heavy atom. The average Bonchev–Trinajstić information content (AvgIpc) is 3.25. The molecule has 2 aliphatic rings. The topological polar surface area (TPSA) is 68.7 Å². The molecule has 2 aromatic rings. The van der Waals surface area contributed by atoms with Crippen LogP contribution in [-0.2, 0) is 4.74 Å². The van der Waals surface area contributed by atoms with E-state index in [1.807, 2.05) is 12.1 Å². The van der Waals surface area contributed by atoms with Crippen LogP contribution in [0.4, 0.5) is 5.82 Å². The van der Waals surface area contributed by atoms with E-state index >= 15 is 0 Å².